The summed E-state index contributed by atoms with van der Waals surface area (Å²) in [5.41, 5.74) is 9.65. The molecule has 12 aromatic rings. The first kappa shape index (κ1) is 77.7. The topological polar surface area (TPSA) is 309 Å². The number of amides is 4. The lowest BCUT2D eigenvalue weighted by atomic mass is 9.90. The van der Waals surface area contributed by atoms with E-state index in [4.69, 9.17) is 27.9 Å². The summed E-state index contributed by atoms with van der Waals surface area (Å²) in [6, 6.07) is 43.1. The van der Waals surface area contributed by atoms with Gasteiger partial charge in [0.1, 0.15) is 17.7 Å². The number of nitrogens with zero attached hydrogens (tertiary/aromatic N) is 18. The summed E-state index contributed by atoms with van der Waals surface area (Å²) in [7, 11) is 0. The third-order valence-corrected chi connectivity index (χ3v) is 24.1. The van der Waals surface area contributed by atoms with Crippen LogP contribution in [0.15, 0.2) is 204 Å². The average Bonchev–Trinajstić information content (AvgIpc) is 1.62. The van der Waals surface area contributed by atoms with Crippen LogP contribution in [0.3, 0.4) is 0 Å². The van der Waals surface area contributed by atoms with Crippen molar-refractivity contribution in [2.45, 2.75) is 167 Å². The summed E-state index contributed by atoms with van der Waals surface area (Å²) < 4.78 is 37.9. The Kier molecular flexibility index (Phi) is 22.7. The van der Waals surface area contributed by atoms with E-state index in [1.807, 2.05) is 207 Å². The van der Waals surface area contributed by atoms with Crippen molar-refractivity contribution in [3.8, 4) is 57.7 Å². The minimum absolute atomic E-state index is 0.00492. The standard InChI is InChI=1S/C23H25N5O2.C23H24N4O3.C22H23N5O2.C22H22N4O3/c1-15-12-25-27(13-15)20-8-6-16(2)26-22(20)23(29)28-18-7-9-19(28)17(11-18)14-30-21-5-3-4-10-24-21;1-14-6-8-18(20-11-15(2)26-30-20)22(25-14)23(28)27-17-7-9-19(27)16(12-17)13-29-21-5-3-4-10-24-21;1-15-6-8-19(26-12-4-11-24-26)21(25-15)22(28)27-17-7-9-18(27)16(13-17)14-29-20-5-2-3-10-23-20;1-14-5-7-17(21-24-10-11-28-21)20(25-14)22(27)26-16-6-8-18(26)15(12-16)13-29-19-4-2-3-9-23-19/h3-6,8,10,12-13,17-19H,7,9,11,14H2,1-2H3;3-6,8,10-11,16-17,19H,7,9,12-13H2,1-2H3;2-6,8,10-12,16-18H,7,9,13-14H2,1H3;2-5,7,9-11,15-16,18H,6,8,12-13H2,1H3. The zero-order valence-electron chi connectivity index (χ0n) is 66.8. The SMILES string of the molecule is Cc1cc(-c2ccc(C)nc2C(=O)N2C3CCC2C(COc2ccccn2)C3)on1.Cc1ccc(-c2ncco2)c(C(=O)N2C3CCC2C(COc2ccccn2)C3)n1.Cc1ccc(-n2cccn2)c(C(=O)N2C3CCC2C(COc2ccccn2)C3)n1.Cc1cnn(-c2ccc(C)nc2C(=O)N2C3CCC2C(COc2ccccn2)C3)c1. The lowest BCUT2D eigenvalue weighted by molar-refractivity contribution is 0.0695. The molecule has 28 nitrogen and oxygen atoms in total. The molecule has 0 aromatic carbocycles. The normalized spacial score (nSPS) is 22.6. The molecule has 20 rings (SSSR count). The van der Waals surface area contributed by atoms with E-state index in [9.17, 15) is 19.2 Å². The van der Waals surface area contributed by atoms with E-state index in [2.05, 4.69) is 60.2 Å². The Hall–Kier alpha value is -12.9. The molecule has 28 heteroatoms. The van der Waals surface area contributed by atoms with Crippen LogP contribution in [0.5, 0.6) is 23.5 Å². The summed E-state index contributed by atoms with van der Waals surface area (Å²) in [6.45, 7) is 13.7. The zero-order valence-corrected chi connectivity index (χ0v) is 66.8. The molecule has 0 N–H and O–H groups in total. The fourth-order valence-corrected chi connectivity index (χ4v) is 18.8. The van der Waals surface area contributed by atoms with Crippen molar-refractivity contribution < 1.29 is 47.1 Å². The number of hydrogen-bond donors (Lipinski definition) is 0. The lowest BCUT2D eigenvalue weighted by Gasteiger charge is -2.25. The van der Waals surface area contributed by atoms with Crippen molar-refractivity contribution in [2.75, 3.05) is 26.4 Å². The zero-order chi connectivity index (χ0) is 80.9. The molecule has 8 aliphatic heterocycles. The average molecular weight is 1590 g/mol. The second-order valence-electron chi connectivity index (χ2n) is 31.9. The Morgan fingerprint density at radius 3 is 1.14 bits per heavy atom. The maximum atomic E-state index is 13.6. The van der Waals surface area contributed by atoms with E-state index in [0.717, 1.165) is 122 Å². The maximum absolute atomic E-state index is 13.6. The molecule has 8 fully saturated rings. The van der Waals surface area contributed by atoms with Gasteiger partial charge >= 0.3 is 0 Å². The number of ether oxygens (including phenoxy) is 4. The minimum atomic E-state index is -0.0465. The highest BCUT2D eigenvalue weighted by Crippen LogP contribution is 2.48. The number of fused-ring (bicyclic) bond motifs is 8. The van der Waals surface area contributed by atoms with Crippen LogP contribution in [0.1, 0.15) is 153 Å². The van der Waals surface area contributed by atoms with E-state index in [0.29, 0.717) is 119 Å². The van der Waals surface area contributed by atoms with Gasteiger partial charge in [-0.2, -0.15) is 10.2 Å². The number of aromatic nitrogens is 14. The molecular formula is C90H94N18O10. The number of aryl methyl sites for hydroxylation is 6. The quantitative estimate of drug-likeness (QED) is 0.0684. The second-order valence-corrected chi connectivity index (χ2v) is 31.9. The van der Waals surface area contributed by atoms with Gasteiger partial charge in [0.05, 0.1) is 67.0 Å². The van der Waals surface area contributed by atoms with Crippen LogP contribution in [-0.2, 0) is 0 Å². The summed E-state index contributed by atoms with van der Waals surface area (Å²) in [5, 5.41) is 12.7. The molecule has 0 saturated carbocycles. The highest BCUT2D eigenvalue weighted by molar-refractivity contribution is 6.00. The number of oxazole rings is 1. The summed E-state index contributed by atoms with van der Waals surface area (Å²) >= 11 is 0. The molecule has 8 bridgehead atoms. The molecule has 12 atom stereocenters. The monoisotopic (exact) mass is 1590 g/mol. The van der Waals surface area contributed by atoms with Crippen molar-refractivity contribution in [1.29, 1.82) is 0 Å². The number of carbonyl (C=O) groups is 4. The van der Waals surface area contributed by atoms with Gasteiger partial charge in [-0.25, -0.2) is 54.2 Å². The van der Waals surface area contributed by atoms with Gasteiger partial charge in [-0.15, -0.1) is 0 Å². The van der Waals surface area contributed by atoms with Crippen LogP contribution in [0.4, 0.5) is 0 Å². The van der Waals surface area contributed by atoms with Crippen LogP contribution >= 0.6 is 0 Å². The molecule has 604 valence electrons. The van der Waals surface area contributed by atoms with Gasteiger partial charge < -0.3 is 47.5 Å². The highest BCUT2D eigenvalue weighted by Gasteiger charge is 2.54. The first-order chi connectivity index (χ1) is 57.6. The fraction of sp³-hybridized carbons (Fsp3) is 0.378. The molecule has 8 saturated heterocycles. The van der Waals surface area contributed by atoms with Gasteiger partial charge in [0, 0.05) is 168 Å². The van der Waals surface area contributed by atoms with Crippen LogP contribution in [0.25, 0.3) is 34.2 Å². The van der Waals surface area contributed by atoms with Crippen molar-refractivity contribution in [3.05, 3.63) is 252 Å². The van der Waals surface area contributed by atoms with Crippen molar-refractivity contribution in [1.82, 2.24) is 89.2 Å². The van der Waals surface area contributed by atoms with Crippen LogP contribution < -0.4 is 18.9 Å². The van der Waals surface area contributed by atoms with Gasteiger partial charge in [-0.1, -0.05) is 29.4 Å². The third-order valence-electron chi connectivity index (χ3n) is 24.1. The van der Waals surface area contributed by atoms with Gasteiger partial charge in [0.2, 0.25) is 29.4 Å². The van der Waals surface area contributed by atoms with Gasteiger partial charge in [0.25, 0.3) is 23.6 Å². The number of rotatable bonds is 20. The highest BCUT2D eigenvalue weighted by atomic mass is 16.5. The first-order valence-electron chi connectivity index (χ1n) is 40.8. The second kappa shape index (κ2) is 34.5. The molecule has 12 aromatic heterocycles. The van der Waals surface area contributed by atoms with Gasteiger partial charge in [-0.05, 0) is 203 Å². The molecule has 4 amide bonds. The minimum Gasteiger partial charge on any atom is -0.477 e. The summed E-state index contributed by atoms with van der Waals surface area (Å²) in [6.07, 6.45) is 29.2. The summed E-state index contributed by atoms with van der Waals surface area (Å²) in [5.74, 6) is 4.66. The predicted octanol–water partition coefficient (Wildman–Crippen LogP) is 13.7. The fourth-order valence-electron chi connectivity index (χ4n) is 18.8. The Labute approximate surface area is 683 Å². The van der Waals surface area contributed by atoms with Crippen LogP contribution in [-0.4, -0.2) is 188 Å². The molecule has 0 aliphatic carbocycles. The third kappa shape index (κ3) is 16.5. The van der Waals surface area contributed by atoms with E-state index in [1.54, 1.807) is 52.7 Å². The van der Waals surface area contributed by atoms with Gasteiger partial charge in [-0.3, -0.25) is 19.2 Å². The van der Waals surface area contributed by atoms with Crippen molar-refractivity contribution in [2.24, 2.45) is 23.7 Å². The molecular weight excluding hydrogens is 1490 g/mol. The Morgan fingerprint density at radius 1 is 0.390 bits per heavy atom. The largest absolute Gasteiger partial charge is 0.477 e. The smallest absolute Gasteiger partial charge is 0.275 e. The Morgan fingerprint density at radius 2 is 0.780 bits per heavy atom. The van der Waals surface area contributed by atoms with Crippen molar-refractivity contribution >= 4 is 23.6 Å². The molecule has 12 unspecified atom stereocenters. The molecule has 0 radical (unpaired) electrons. The van der Waals surface area contributed by atoms with Gasteiger partial charge in [0.15, 0.2) is 17.1 Å². The van der Waals surface area contributed by atoms with Crippen LogP contribution in [0, 0.1) is 65.2 Å². The van der Waals surface area contributed by atoms with Crippen molar-refractivity contribution in [3.63, 3.8) is 0 Å². The molecule has 20 heterocycles. The van der Waals surface area contributed by atoms with E-state index >= 15 is 0 Å². The lowest BCUT2D eigenvalue weighted by Crippen LogP contribution is -2.38. The molecule has 0 spiro atoms. The Bertz CT molecular complexity index is 5150. The number of hydrogen-bond acceptors (Lipinski definition) is 22. The van der Waals surface area contributed by atoms with E-state index < -0.39 is 0 Å². The first-order valence-corrected chi connectivity index (χ1v) is 40.8. The number of carbonyl (C=O) groups excluding carboxylic acids is 4. The molecule has 118 heavy (non-hydrogen) atoms. The summed E-state index contributed by atoms with van der Waals surface area (Å²) in [4.78, 5) is 102. The Balaban J connectivity index is 0.000000113. The maximum Gasteiger partial charge on any atom is 0.275 e. The molecule has 8 aliphatic rings. The number of pyridine rings is 8. The van der Waals surface area contributed by atoms with E-state index in [1.165, 1.54) is 6.26 Å². The van der Waals surface area contributed by atoms with Crippen LogP contribution in [0.2, 0.25) is 0 Å². The van der Waals surface area contributed by atoms with E-state index in [-0.39, 0.29) is 72.0 Å². The predicted molar refractivity (Wildman–Crippen MR) is 434 cm³/mol.